The third-order valence-corrected chi connectivity index (χ3v) is 7.64. The minimum atomic E-state index is 0. The van der Waals surface area contributed by atoms with Crippen LogP contribution < -0.4 is 5.73 Å². The van der Waals surface area contributed by atoms with Crippen LogP contribution in [-0.4, -0.2) is 22.2 Å². The maximum atomic E-state index is 7.70. The highest BCUT2D eigenvalue weighted by atomic mass is 35.5. The second kappa shape index (κ2) is 8.89. The van der Waals surface area contributed by atoms with E-state index in [1.807, 2.05) is 48.9 Å². The Balaban J connectivity index is 0.00000240. The summed E-state index contributed by atoms with van der Waals surface area (Å²) in [6.07, 6.45) is 2.01. The number of benzene rings is 1. The number of aryl methyl sites for hydroxylation is 1. The van der Waals surface area contributed by atoms with Crippen molar-refractivity contribution in [3.8, 4) is 33.1 Å². The lowest BCUT2D eigenvalue weighted by atomic mass is 10.0. The number of nitrogens with two attached hydrogens (primary N) is 1. The molecule has 0 bridgehead atoms. The molecular formula is C19H16Cl2N4OS3. The van der Waals surface area contributed by atoms with E-state index in [4.69, 9.17) is 32.3 Å². The zero-order valence-electron chi connectivity index (χ0n) is 15.4. The first-order valence-corrected chi connectivity index (χ1v) is 11.5. The highest BCUT2D eigenvalue weighted by Gasteiger charge is 2.22. The summed E-state index contributed by atoms with van der Waals surface area (Å²) in [6, 6.07) is 9.47. The molecule has 150 valence electrons. The first-order chi connectivity index (χ1) is 13.5. The molecule has 0 aliphatic carbocycles. The van der Waals surface area contributed by atoms with Gasteiger partial charge in [-0.25, -0.2) is 4.98 Å². The van der Waals surface area contributed by atoms with Crippen LogP contribution in [0.15, 0.2) is 44.4 Å². The van der Waals surface area contributed by atoms with E-state index in [-0.39, 0.29) is 18.2 Å². The van der Waals surface area contributed by atoms with Gasteiger partial charge in [-0.1, -0.05) is 35.0 Å². The van der Waals surface area contributed by atoms with Crippen LogP contribution in [0.3, 0.4) is 0 Å². The van der Waals surface area contributed by atoms with Crippen molar-refractivity contribution in [2.75, 3.05) is 6.26 Å². The Labute approximate surface area is 191 Å². The van der Waals surface area contributed by atoms with E-state index in [1.54, 1.807) is 23.1 Å². The van der Waals surface area contributed by atoms with Crippen LogP contribution in [0, 0.1) is 12.3 Å². The molecule has 29 heavy (non-hydrogen) atoms. The number of nitrogens with zero attached hydrogens (tertiary/aromatic N) is 2. The van der Waals surface area contributed by atoms with Crippen LogP contribution in [0.2, 0.25) is 5.02 Å². The van der Waals surface area contributed by atoms with E-state index in [0.29, 0.717) is 16.5 Å². The van der Waals surface area contributed by atoms with Gasteiger partial charge in [0.1, 0.15) is 22.3 Å². The molecule has 3 aromatic heterocycles. The second-order valence-electron chi connectivity index (χ2n) is 5.91. The Morgan fingerprint density at radius 3 is 2.72 bits per heavy atom. The van der Waals surface area contributed by atoms with Gasteiger partial charge in [0, 0.05) is 16.5 Å². The van der Waals surface area contributed by atoms with Gasteiger partial charge in [0.2, 0.25) is 0 Å². The molecule has 10 heteroatoms. The number of aromatic nitrogens is 2. The molecule has 3 heterocycles. The van der Waals surface area contributed by atoms with E-state index in [0.717, 1.165) is 36.5 Å². The second-order valence-corrected chi connectivity index (χ2v) is 9.30. The molecule has 0 aliphatic heterocycles. The van der Waals surface area contributed by atoms with Crippen molar-refractivity contribution in [2.24, 2.45) is 5.73 Å². The van der Waals surface area contributed by atoms with E-state index in [1.165, 1.54) is 11.3 Å². The summed E-state index contributed by atoms with van der Waals surface area (Å²) < 4.78 is 6.55. The Morgan fingerprint density at radius 1 is 1.28 bits per heavy atom. The third kappa shape index (κ3) is 4.08. The summed E-state index contributed by atoms with van der Waals surface area (Å²) in [5.74, 6) is 0.755. The smallest absolute Gasteiger partial charge is 0.143 e. The Morgan fingerprint density at radius 2 is 2.03 bits per heavy atom. The maximum Gasteiger partial charge on any atom is 0.143 e. The van der Waals surface area contributed by atoms with Crippen molar-refractivity contribution in [1.82, 2.24) is 10.1 Å². The zero-order valence-corrected chi connectivity index (χ0v) is 19.4. The highest BCUT2D eigenvalue weighted by molar-refractivity contribution is 8.00. The summed E-state index contributed by atoms with van der Waals surface area (Å²) >= 11 is 11.0. The van der Waals surface area contributed by atoms with Crippen LogP contribution in [0.25, 0.3) is 33.1 Å². The largest absolute Gasteiger partial charge is 0.383 e. The molecule has 0 atom stereocenters. The van der Waals surface area contributed by atoms with Crippen molar-refractivity contribution in [2.45, 2.75) is 11.1 Å². The molecule has 0 fully saturated rings. The van der Waals surface area contributed by atoms with Gasteiger partial charge in [-0.05, 0) is 25.3 Å². The van der Waals surface area contributed by atoms with Gasteiger partial charge in [0.15, 0.2) is 0 Å². The van der Waals surface area contributed by atoms with Crippen LogP contribution in [-0.2, 0) is 0 Å². The molecule has 0 radical (unpaired) electrons. The van der Waals surface area contributed by atoms with Crippen LogP contribution in [0.4, 0.5) is 0 Å². The van der Waals surface area contributed by atoms with E-state index >= 15 is 0 Å². The number of thioether (sulfide) groups is 1. The maximum absolute atomic E-state index is 7.70. The molecule has 4 rings (SSSR count). The van der Waals surface area contributed by atoms with E-state index in [2.05, 4.69) is 5.16 Å². The number of rotatable bonds is 5. The average Bonchev–Trinajstić information content (AvgIpc) is 3.39. The minimum absolute atomic E-state index is 0. The molecule has 0 spiro atoms. The van der Waals surface area contributed by atoms with E-state index in [9.17, 15) is 0 Å². The lowest BCUT2D eigenvalue weighted by Crippen LogP contribution is -2.08. The van der Waals surface area contributed by atoms with Crippen LogP contribution in [0.1, 0.15) is 10.6 Å². The molecule has 0 aliphatic rings. The number of hydrogen-bond acceptors (Lipinski definition) is 7. The fraction of sp³-hybridized carbons (Fsp3) is 0.105. The highest BCUT2D eigenvalue weighted by Crippen LogP contribution is 2.42. The monoisotopic (exact) mass is 482 g/mol. The number of thiazole rings is 1. The minimum Gasteiger partial charge on any atom is -0.383 e. The van der Waals surface area contributed by atoms with Gasteiger partial charge >= 0.3 is 0 Å². The zero-order chi connectivity index (χ0) is 19.8. The first-order valence-electron chi connectivity index (χ1n) is 8.19. The number of nitrogen functional groups attached to an aromatic ring is 1. The van der Waals surface area contributed by atoms with Crippen molar-refractivity contribution >= 4 is 64.3 Å². The van der Waals surface area contributed by atoms with Crippen molar-refractivity contribution < 1.29 is 4.52 Å². The molecule has 1 aromatic carbocycles. The Kier molecular flexibility index (Phi) is 6.70. The summed E-state index contributed by atoms with van der Waals surface area (Å²) in [4.78, 5) is 5.58. The quantitative estimate of drug-likeness (QED) is 0.190. The van der Waals surface area contributed by atoms with Crippen molar-refractivity contribution in [3.63, 3.8) is 0 Å². The topological polar surface area (TPSA) is 88.8 Å². The average molecular weight is 483 g/mol. The predicted molar refractivity (Wildman–Crippen MR) is 126 cm³/mol. The fourth-order valence-electron chi connectivity index (χ4n) is 2.83. The third-order valence-electron chi connectivity index (χ3n) is 4.13. The molecule has 3 N–H and O–H groups in total. The van der Waals surface area contributed by atoms with Gasteiger partial charge in [-0.3, -0.25) is 5.41 Å². The lowest BCUT2D eigenvalue weighted by molar-refractivity contribution is 0.400. The number of amidine groups is 1. The summed E-state index contributed by atoms with van der Waals surface area (Å²) in [6.45, 7) is 1.87. The van der Waals surface area contributed by atoms with Gasteiger partial charge < -0.3 is 10.3 Å². The van der Waals surface area contributed by atoms with Gasteiger partial charge in [0.05, 0.1) is 25.4 Å². The first kappa shape index (κ1) is 21.9. The molecule has 0 amide bonds. The Bertz CT molecular complexity index is 1180. The van der Waals surface area contributed by atoms with Crippen LogP contribution >= 0.6 is 58.4 Å². The molecule has 0 saturated carbocycles. The van der Waals surface area contributed by atoms with Crippen molar-refractivity contribution in [1.29, 1.82) is 5.41 Å². The standard InChI is InChI=1S/C19H15ClN4OS3.ClH/c1-9-15(16(24-25-9)10-5-3-4-6-12(10)20)13-8-27-18(23-13)11-7-14(17(21)22)28-19(11)26-2;/h3-8H,1-2H3,(H3,21,22);1H. The SMILES string of the molecule is CSc1sc(C(=N)N)cc1-c1nc(-c2c(-c3ccccc3Cl)noc2C)cs1.Cl. The van der Waals surface area contributed by atoms with Crippen molar-refractivity contribution in [3.05, 3.63) is 51.4 Å². The molecular weight excluding hydrogens is 467 g/mol. The number of hydrogen-bond donors (Lipinski definition) is 2. The van der Waals surface area contributed by atoms with Crippen LogP contribution in [0.5, 0.6) is 0 Å². The number of nitrogens with one attached hydrogen (secondary N) is 1. The molecule has 4 aromatic rings. The lowest BCUT2D eigenvalue weighted by Gasteiger charge is -2.02. The van der Waals surface area contributed by atoms with Gasteiger partial charge in [-0.2, -0.15) is 0 Å². The molecule has 0 unspecified atom stereocenters. The molecule has 5 nitrogen and oxygen atoms in total. The van der Waals surface area contributed by atoms with E-state index < -0.39 is 0 Å². The van der Waals surface area contributed by atoms with Gasteiger partial charge in [0.25, 0.3) is 0 Å². The number of halogens is 2. The molecule has 0 saturated heterocycles. The van der Waals surface area contributed by atoms with Gasteiger partial charge in [-0.15, -0.1) is 46.8 Å². The Hall–Kier alpha value is -1.84. The summed E-state index contributed by atoms with van der Waals surface area (Å²) in [5, 5.41) is 15.4. The summed E-state index contributed by atoms with van der Waals surface area (Å²) in [5.41, 5.74) is 9.77. The number of thiophene rings is 1. The fourth-order valence-corrected chi connectivity index (χ4v) is 5.75. The summed E-state index contributed by atoms with van der Waals surface area (Å²) in [7, 11) is 0. The normalized spacial score (nSPS) is 10.7. The predicted octanol–water partition coefficient (Wildman–Crippen LogP) is 6.58.